The second-order valence-electron chi connectivity index (χ2n) is 11.0. The highest BCUT2D eigenvalue weighted by Gasteiger charge is 2.16. The van der Waals surface area contributed by atoms with E-state index >= 15 is 0 Å². The molecule has 1 N–H and O–H groups in total. The summed E-state index contributed by atoms with van der Waals surface area (Å²) >= 11 is 0. The van der Waals surface area contributed by atoms with Crippen LogP contribution in [0.5, 0.6) is 0 Å². The van der Waals surface area contributed by atoms with Crippen LogP contribution < -0.4 is 0 Å². The van der Waals surface area contributed by atoms with Crippen molar-refractivity contribution in [2.45, 2.75) is 155 Å². The largest absolute Gasteiger partial charge is 0.462 e. The maximum atomic E-state index is 12.1. The minimum Gasteiger partial charge on any atom is -0.462 e. The summed E-state index contributed by atoms with van der Waals surface area (Å²) < 4.78 is 10.5. The minimum atomic E-state index is -0.784. The third-order valence-corrected chi connectivity index (χ3v) is 6.98. The number of aliphatic hydroxyl groups is 1. The number of hydrogen-bond acceptors (Lipinski definition) is 5. The molecule has 0 saturated heterocycles. The normalized spacial score (nSPS) is 12.8. The molecule has 1 atom stereocenters. The molecule has 0 amide bonds. The first-order valence-electron chi connectivity index (χ1n) is 16.7. The Morgan fingerprint density at radius 2 is 1.05 bits per heavy atom. The van der Waals surface area contributed by atoms with Crippen molar-refractivity contribution in [3.63, 3.8) is 0 Å². The Balaban J connectivity index is 3.65. The van der Waals surface area contributed by atoms with Crippen molar-refractivity contribution in [2.75, 3.05) is 13.2 Å². The number of carbonyl (C=O) groups is 2. The molecule has 0 rings (SSSR count). The molecule has 41 heavy (non-hydrogen) atoms. The third-order valence-electron chi connectivity index (χ3n) is 6.98. The number of hydrogen-bond donors (Lipinski definition) is 1. The van der Waals surface area contributed by atoms with E-state index in [0.717, 1.165) is 51.4 Å². The second-order valence-corrected chi connectivity index (χ2v) is 11.0. The van der Waals surface area contributed by atoms with Gasteiger partial charge in [0.1, 0.15) is 6.61 Å². The maximum absolute atomic E-state index is 12.1. The first-order valence-corrected chi connectivity index (χ1v) is 16.7. The van der Waals surface area contributed by atoms with Gasteiger partial charge in [0, 0.05) is 12.8 Å². The standard InChI is InChI=1S/C36H62O5/c1-3-5-7-9-11-13-15-17-19-21-23-25-27-29-31-36(39)41-34(32-37)33-40-35(38)30-28-26-24-22-20-18-16-14-12-10-8-6-4-2/h6,8,10,12,14,16,18,20,34,37H,3-5,7,9,11,13,15,17,19,21-33H2,1-2H3/b8-6+,12-10+,16-14+,20-18+. The van der Waals surface area contributed by atoms with Gasteiger partial charge in [0.2, 0.25) is 0 Å². The molecule has 0 aromatic heterocycles. The summed E-state index contributed by atoms with van der Waals surface area (Å²) in [6, 6.07) is 0. The summed E-state index contributed by atoms with van der Waals surface area (Å²) in [5.74, 6) is -0.639. The van der Waals surface area contributed by atoms with Crippen molar-refractivity contribution in [3.05, 3.63) is 48.6 Å². The van der Waals surface area contributed by atoms with Gasteiger partial charge in [-0.1, -0.05) is 152 Å². The van der Waals surface area contributed by atoms with Gasteiger partial charge in [-0.3, -0.25) is 9.59 Å². The van der Waals surface area contributed by atoms with E-state index in [9.17, 15) is 14.7 Å². The van der Waals surface area contributed by atoms with E-state index in [4.69, 9.17) is 9.47 Å². The van der Waals surface area contributed by atoms with Gasteiger partial charge in [-0.05, 0) is 32.1 Å². The molecule has 0 aromatic rings. The zero-order chi connectivity index (χ0) is 30.1. The molecule has 0 spiro atoms. The number of ether oxygens (including phenoxy) is 2. The lowest BCUT2D eigenvalue weighted by atomic mass is 10.0. The SMILES string of the molecule is CC/C=C/C=C/C=C/C=C/CCCCCC(=O)OCC(CO)OC(=O)CCCCCCCCCCCCCCCC. The van der Waals surface area contributed by atoms with Crippen LogP contribution >= 0.6 is 0 Å². The van der Waals surface area contributed by atoms with Crippen LogP contribution in [0.1, 0.15) is 149 Å². The molecule has 0 bridgehead atoms. The first kappa shape index (κ1) is 38.9. The van der Waals surface area contributed by atoms with Gasteiger partial charge in [0.15, 0.2) is 6.10 Å². The lowest BCUT2D eigenvalue weighted by Gasteiger charge is -2.15. The predicted molar refractivity (Wildman–Crippen MR) is 173 cm³/mol. The molecule has 0 fully saturated rings. The van der Waals surface area contributed by atoms with Gasteiger partial charge < -0.3 is 14.6 Å². The zero-order valence-electron chi connectivity index (χ0n) is 26.5. The van der Waals surface area contributed by atoms with Crippen LogP contribution in [0, 0.1) is 0 Å². The van der Waals surface area contributed by atoms with Crippen LogP contribution in [-0.2, 0) is 19.1 Å². The zero-order valence-corrected chi connectivity index (χ0v) is 26.5. The Hall–Kier alpha value is -2.14. The molecule has 5 heteroatoms. The van der Waals surface area contributed by atoms with E-state index in [1.165, 1.54) is 70.6 Å². The van der Waals surface area contributed by atoms with E-state index in [1.54, 1.807) is 0 Å². The Kier molecular flexibility index (Phi) is 30.7. The van der Waals surface area contributed by atoms with Gasteiger partial charge in [0.25, 0.3) is 0 Å². The summed E-state index contributed by atoms with van der Waals surface area (Å²) in [4.78, 5) is 24.1. The minimum absolute atomic E-state index is 0.0857. The Morgan fingerprint density at radius 1 is 0.585 bits per heavy atom. The molecule has 0 aliphatic carbocycles. The van der Waals surface area contributed by atoms with Crippen molar-refractivity contribution < 1.29 is 24.2 Å². The van der Waals surface area contributed by atoms with Crippen LogP contribution in [0.3, 0.4) is 0 Å². The lowest BCUT2D eigenvalue weighted by Crippen LogP contribution is -2.28. The van der Waals surface area contributed by atoms with Crippen molar-refractivity contribution in [1.82, 2.24) is 0 Å². The fourth-order valence-electron chi connectivity index (χ4n) is 4.45. The molecule has 0 aliphatic rings. The van der Waals surface area contributed by atoms with Crippen LogP contribution in [0.25, 0.3) is 0 Å². The van der Waals surface area contributed by atoms with E-state index < -0.39 is 6.10 Å². The summed E-state index contributed by atoms with van der Waals surface area (Å²) in [5.41, 5.74) is 0. The van der Waals surface area contributed by atoms with E-state index in [1.807, 2.05) is 36.5 Å². The van der Waals surface area contributed by atoms with Gasteiger partial charge in [-0.2, -0.15) is 0 Å². The predicted octanol–water partition coefficient (Wildman–Crippen LogP) is 9.89. The van der Waals surface area contributed by atoms with Gasteiger partial charge in [0.05, 0.1) is 6.61 Å². The van der Waals surface area contributed by atoms with E-state index in [-0.39, 0.29) is 25.2 Å². The average molecular weight is 575 g/mol. The van der Waals surface area contributed by atoms with Crippen molar-refractivity contribution >= 4 is 11.9 Å². The molecule has 0 aliphatic heterocycles. The third kappa shape index (κ3) is 30.6. The number of esters is 2. The number of rotatable bonds is 29. The number of allylic oxidation sites excluding steroid dienone is 8. The fraction of sp³-hybridized carbons (Fsp3) is 0.722. The summed E-state index contributed by atoms with van der Waals surface area (Å²) in [5, 5.41) is 9.49. The monoisotopic (exact) mass is 574 g/mol. The molecule has 0 heterocycles. The van der Waals surface area contributed by atoms with Crippen LogP contribution in [0.2, 0.25) is 0 Å². The summed E-state index contributed by atoms with van der Waals surface area (Å²) in [6.45, 7) is 3.94. The number of aliphatic hydroxyl groups excluding tert-OH is 1. The van der Waals surface area contributed by atoms with Gasteiger partial charge in [-0.15, -0.1) is 0 Å². The molecule has 236 valence electrons. The van der Waals surface area contributed by atoms with Crippen LogP contribution in [-0.4, -0.2) is 36.4 Å². The topological polar surface area (TPSA) is 72.8 Å². The number of unbranched alkanes of at least 4 members (excludes halogenated alkanes) is 16. The highest BCUT2D eigenvalue weighted by molar-refractivity contribution is 5.70. The highest BCUT2D eigenvalue weighted by atomic mass is 16.6. The number of carbonyl (C=O) groups excluding carboxylic acids is 2. The average Bonchev–Trinajstić information content (AvgIpc) is 2.97. The van der Waals surface area contributed by atoms with E-state index in [2.05, 4.69) is 26.0 Å². The Bertz CT molecular complexity index is 707. The lowest BCUT2D eigenvalue weighted by molar-refractivity contribution is -0.161. The molecule has 0 radical (unpaired) electrons. The smallest absolute Gasteiger partial charge is 0.306 e. The van der Waals surface area contributed by atoms with E-state index in [0.29, 0.717) is 12.8 Å². The van der Waals surface area contributed by atoms with Crippen molar-refractivity contribution in [3.8, 4) is 0 Å². The molecular weight excluding hydrogens is 512 g/mol. The van der Waals surface area contributed by atoms with Crippen LogP contribution in [0.4, 0.5) is 0 Å². The molecule has 0 aromatic carbocycles. The highest BCUT2D eigenvalue weighted by Crippen LogP contribution is 2.14. The second kappa shape index (κ2) is 32.4. The first-order chi connectivity index (χ1) is 20.1. The van der Waals surface area contributed by atoms with Crippen molar-refractivity contribution in [1.29, 1.82) is 0 Å². The van der Waals surface area contributed by atoms with Crippen molar-refractivity contribution in [2.24, 2.45) is 0 Å². The molecular formula is C36H62O5. The summed E-state index contributed by atoms with van der Waals surface area (Å²) in [6.07, 6.45) is 38.8. The summed E-state index contributed by atoms with van der Waals surface area (Å²) in [7, 11) is 0. The fourth-order valence-corrected chi connectivity index (χ4v) is 4.45. The van der Waals surface area contributed by atoms with Gasteiger partial charge >= 0.3 is 11.9 Å². The maximum Gasteiger partial charge on any atom is 0.306 e. The molecule has 1 unspecified atom stereocenters. The Labute approximate surface area is 252 Å². The van der Waals surface area contributed by atoms with Crippen LogP contribution in [0.15, 0.2) is 48.6 Å². The molecule has 5 nitrogen and oxygen atoms in total. The molecule has 0 saturated carbocycles. The Morgan fingerprint density at radius 3 is 1.59 bits per heavy atom. The quantitative estimate of drug-likeness (QED) is 0.0547. The van der Waals surface area contributed by atoms with Gasteiger partial charge in [-0.25, -0.2) is 0 Å².